The van der Waals surface area contributed by atoms with Crippen LogP contribution in [0.15, 0.2) is 23.3 Å². The van der Waals surface area contributed by atoms with Crippen molar-refractivity contribution < 1.29 is 5.11 Å². The van der Waals surface area contributed by atoms with Crippen LogP contribution < -0.4 is 0 Å². The van der Waals surface area contributed by atoms with Gasteiger partial charge in [0.05, 0.1) is 6.61 Å². The lowest BCUT2D eigenvalue weighted by atomic mass is 10.1. The quantitative estimate of drug-likeness (QED) is 0.619. The highest BCUT2D eigenvalue weighted by atomic mass is 16.3. The van der Waals surface area contributed by atoms with Crippen LogP contribution in [0.25, 0.3) is 0 Å². The fourth-order valence-electron chi connectivity index (χ4n) is 0.686. The number of aliphatic hydroxyl groups is 1. The molecule has 0 bridgehead atoms. The van der Waals surface area contributed by atoms with Gasteiger partial charge in [0.2, 0.25) is 0 Å². The molecule has 0 saturated carbocycles. The SMILES string of the molecule is CC(C)=C(C=CC(C)C)CO. The summed E-state index contributed by atoms with van der Waals surface area (Å²) in [5, 5.41) is 8.90. The maximum atomic E-state index is 8.90. The Balaban J connectivity index is 4.21. The van der Waals surface area contributed by atoms with E-state index in [1.807, 2.05) is 19.9 Å². The van der Waals surface area contributed by atoms with Gasteiger partial charge >= 0.3 is 0 Å². The van der Waals surface area contributed by atoms with Crippen LogP contribution in [0.2, 0.25) is 0 Å². The van der Waals surface area contributed by atoms with Crippen LogP contribution >= 0.6 is 0 Å². The van der Waals surface area contributed by atoms with Gasteiger partial charge in [0.25, 0.3) is 0 Å². The summed E-state index contributed by atoms with van der Waals surface area (Å²) in [6.07, 6.45) is 4.10. The Morgan fingerprint density at radius 1 is 1.36 bits per heavy atom. The molecule has 0 rings (SSSR count). The van der Waals surface area contributed by atoms with E-state index in [4.69, 9.17) is 5.11 Å². The fraction of sp³-hybridized carbons (Fsp3) is 0.600. The normalized spacial score (nSPS) is 11.1. The molecule has 64 valence electrons. The van der Waals surface area contributed by atoms with Gasteiger partial charge in [0.1, 0.15) is 0 Å². The number of aliphatic hydroxyl groups excluding tert-OH is 1. The third-order valence-electron chi connectivity index (χ3n) is 1.49. The van der Waals surface area contributed by atoms with Gasteiger partial charge in [-0.1, -0.05) is 31.6 Å². The van der Waals surface area contributed by atoms with Crippen molar-refractivity contribution in [1.29, 1.82) is 0 Å². The molecule has 0 radical (unpaired) electrons. The predicted octanol–water partition coefficient (Wildman–Crippen LogP) is 2.53. The van der Waals surface area contributed by atoms with Crippen molar-refractivity contribution in [3.05, 3.63) is 23.3 Å². The van der Waals surface area contributed by atoms with Crippen LogP contribution in [-0.4, -0.2) is 11.7 Å². The van der Waals surface area contributed by atoms with Gasteiger partial charge in [-0.3, -0.25) is 0 Å². The van der Waals surface area contributed by atoms with E-state index >= 15 is 0 Å². The fourth-order valence-corrected chi connectivity index (χ4v) is 0.686. The lowest BCUT2D eigenvalue weighted by molar-refractivity contribution is 0.333. The summed E-state index contributed by atoms with van der Waals surface area (Å²) < 4.78 is 0. The molecule has 0 aromatic heterocycles. The summed E-state index contributed by atoms with van der Waals surface area (Å²) in [6, 6.07) is 0. The Kier molecular flexibility index (Phi) is 4.88. The predicted molar refractivity (Wildman–Crippen MR) is 49.4 cm³/mol. The van der Waals surface area contributed by atoms with Crippen molar-refractivity contribution in [3.63, 3.8) is 0 Å². The van der Waals surface area contributed by atoms with Gasteiger partial charge in [0.15, 0.2) is 0 Å². The van der Waals surface area contributed by atoms with Crippen LogP contribution in [-0.2, 0) is 0 Å². The van der Waals surface area contributed by atoms with E-state index in [9.17, 15) is 0 Å². The molecule has 0 aliphatic carbocycles. The molecule has 1 N–H and O–H groups in total. The molecule has 0 aliphatic rings. The average Bonchev–Trinajstić information content (AvgIpc) is 1.87. The molecule has 0 saturated heterocycles. The van der Waals surface area contributed by atoms with Crippen molar-refractivity contribution in [2.24, 2.45) is 5.92 Å². The van der Waals surface area contributed by atoms with E-state index in [1.165, 1.54) is 5.57 Å². The molecule has 0 amide bonds. The highest BCUT2D eigenvalue weighted by Crippen LogP contribution is 2.05. The van der Waals surface area contributed by atoms with E-state index in [2.05, 4.69) is 19.9 Å². The van der Waals surface area contributed by atoms with Crippen molar-refractivity contribution in [1.82, 2.24) is 0 Å². The van der Waals surface area contributed by atoms with E-state index in [0.717, 1.165) is 5.57 Å². The first-order chi connectivity index (χ1) is 5.07. The van der Waals surface area contributed by atoms with Gasteiger partial charge in [-0.25, -0.2) is 0 Å². The average molecular weight is 154 g/mol. The highest BCUT2D eigenvalue weighted by molar-refractivity contribution is 5.23. The van der Waals surface area contributed by atoms with Gasteiger partial charge in [0, 0.05) is 0 Å². The van der Waals surface area contributed by atoms with Crippen LogP contribution in [0.3, 0.4) is 0 Å². The zero-order valence-electron chi connectivity index (χ0n) is 7.89. The minimum atomic E-state index is 0.144. The maximum Gasteiger partial charge on any atom is 0.0681 e. The number of rotatable bonds is 3. The zero-order valence-corrected chi connectivity index (χ0v) is 7.89. The van der Waals surface area contributed by atoms with Gasteiger partial charge in [-0.2, -0.15) is 0 Å². The lowest BCUT2D eigenvalue weighted by Crippen LogP contribution is -1.90. The lowest BCUT2D eigenvalue weighted by Gasteiger charge is -2.00. The first kappa shape index (κ1) is 10.4. The first-order valence-corrected chi connectivity index (χ1v) is 4.03. The first-order valence-electron chi connectivity index (χ1n) is 4.03. The molecule has 1 nitrogen and oxygen atoms in total. The molecule has 0 aromatic carbocycles. The Bertz CT molecular complexity index is 160. The largest absolute Gasteiger partial charge is 0.392 e. The number of hydrogen-bond donors (Lipinski definition) is 1. The molecule has 0 aromatic rings. The van der Waals surface area contributed by atoms with Gasteiger partial charge in [-0.15, -0.1) is 0 Å². The van der Waals surface area contributed by atoms with Crippen molar-refractivity contribution in [2.45, 2.75) is 27.7 Å². The molecular formula is C10H18O. The topological polar surface area (TPSA) is 20.2 Å². The molecule has 0 fully saturated rings. The summed E-state index contributed by atoms with van der Waals surface area (Å²) in [5.41, 5.74) is 2.21. The van der Waals surface area contributed by atoms with E-state index < -0.39 is 0 Å². The standard InChI is InChI=1S/C10H18O/c1-8(2)5-6-10(7-11)9(3)4/h5-6,8,11H,7H2,1-4H3. The number of hydrogen-bond acceptors (Lipinski definition) is 1. The van der Waals surface area contributed by atoms with Crippen molar-refractivity contribution >= 4 is 0 Å². The highest BCUT2D eigenvalue weighted by Gasteiger charge is 1.92. The molecule has 0 aliphatic heterocycles. The summed E-state index contributed by atoms with van der Waals surface area (Å²) in [6.45, 7) is 8.41. The number of allylic oxidation sites excluding steroid dienone is 2. The Labute approximate surface area is 69.4 Å². The zero-order chi connectivity index (χ0) is 8.85. The van der Waals surface area contributed by atoms with Crippen molar-refractivity contribution in [3.8, 4) is 0 Å². The molecule has 0 spiro atoms. The van der Waals surface area contributed by atoms with E-state index in [0.29, 0.717) is 5.92 Å². The Morgan fingerprint density at radius 2 is 1.91 bits per heavy atom. The van der Waals surface area contributed by atoms with Gasteiger partial charge < -0.3 is 5.11 Å². The second kappa shape index (κ2) is 5.14. The molecule has 0 atom stereocenters. The third-order valence-corrected chi connectivity index (χ3v) is 1.49. The third kappa shape index (κ3) is 4.79. The second-order valence-electron chi connectivity index (χ2n) is 3.29. The Hall–Kier alpha value is -0.560. The van der Waals surface area contributed by atoms with E-state index in [-0.39, 0.29) is 6.61 Å². The molecule has 0 unspecified atom stereocenters. The monoisotopic (exact) mass is 154 g/mol. The van der Waals surface area contributed by atoms with Crippen LogP contribution in [0.4, 0.5) is 0 Å². The summed E-state index contributed by atoms with van der Waals surface area (Å²) in [4.78, 5) is 0. The minimum Gasteiger partial charge on any atom is -0.392 e. The summed E-state index contributed by atoms with van der Waals surface area (Å²) in [5.74, 6) is 0.552. The molecular weight excluding hydrogens is 136 g/mol. The Morgan fingerprint density at radius 3 is 2.18 bits per heavy atom. The summed E-state index contributed by atoms with van der Waals surface area (Å²) >= 11 is 0. The molecule has 0 heterocycles. The van der Waals surface area contributed by atoms with Crippen LogP contribution in [0.1, 0.15) is 27.7 Å². The molecule has 1 heteroatoms. The minimum absolute atomic E-state index is 0.144. The summed E-state index contributed by atoms with van der Waals surface area (Å²) in [7, 11) is 0. The van der Waals surface area contributed by atoms with Crippen molar-refractivity contribution in [2.75, 3.05) is 6.61 Å². The van der Waals surface area contributed by atoms with Crippen LogP contribution in [0.5, 0.6) is 0 Å². The second-order valence-corrected chi connectivity index (χ2v) is 3.29. The van der Waals surface area contributed by atoms with Gasteiger partial charge in [-0.05, 0) is 25.3 Å². The smallest absolute Gasteiger partial charge is 0.0681 e. The maximum absolute atomic E-state index is 8.90. The van der Waals surface area contributed by atoms with E-state index in [1.54, 1.807) is 0 Å². The van der Waals surface area contributed by atoms with Crippen LogP contribution in [0, 0.1) is 5.92 Å². The molecule has 11 heavy (non-hydrogen) atoms.